The van der Waals surface area contributed by atoms with Crippen LogP contribution in [0.1, 0.15) is 16.7 Å². The fourth-order valence-electron chi connectivity index (χ4n) is 15.9. The van der Waals surface area contributed by atoms with Crippen LogP contribution in [0.4, 0.5) is 28.4 Å². The largest absolute Gasteiger partial charge is 0.309 e. The summed E-state index contributed by atoms with van der Waals surface area (Å²) in [5, 5.41) is 34.5. The highest BCUT2D eigenvalue weighted by Gasteiger charge is 2.26. The molecule has 19 rings (SSSR count). The topological polar surface area (TPSA) is 180 Å². The van der Waals surface area contributed by atoms with Gasteiger partial charge in [-0.2, -0.15) is 15.8 Å². The molecule has 16 heteroatoms. The molecule has 0 amide bonds. The van der Waals surface area contributed by atoms with Gasteiger partial charge in [-0.05, 0) is 176 Å². The first-order valence-electron chi connectivity index (χ1n) is 38.0. The third kappa shape index (κ3) is 13.1. The van der Waals surface area contributed by atoms with Gasteiger partial charge in [0, 0.05) is 77.3 Å². The van der Waals surface area contributed by atoms with Crippen LogP contribution in [0.5, 0.6) is 0 Å². The number of benzene rings is 15. The van der Waals surface area contributed by atoms with E-state index in [2.05, 4.69) is 149 Å². The summed E-state index contributed by atoms with van der Waals surface area (Å²) in [7, 11) is 0. The van der Waals surface area contributed by atoms with Crippen LogP contribution < -0.4 is 0 Å². The van der Waals surface area contributed by atoms with E-state index in [1.54, 1.807) is 48.5 Å². The fraction of sp³-hybridized carbons (Fsp3) is 0. The number of hydrogen-bond acceptors (Lipinski definition) is 9. The number of fused-ring (bicyclic) bond motifs is 6. The second-order valence-electron chi connectivity index (χ2n) is 28.5. The molecule has 0 aliphatic carbocycles. The first-order valence-corrected chi connectivity index (χ1v) is 38.0. The third-order valence-corrected chi connectivity index (χ3v) is 21.6. The van der Waals surface area contributed by atoms with Gasteiger partial charge in [-0.15, -0.1) is 0 Å². The van der Waals surface area contributed by atoms with E-state index in [1.165, 1.54) is 0 Å². The van der Waals surface area contributed by atoms with Crippen LogP contribution in [0, 0.1) is 66.9 Å². The molecule has 0 fully saturated rings. The Balaban J connectivity index is 0.851. The Bertz CT molecular complexity index is 7500. The van der Waals surface area contributed by atoms with E-state index < -0.39 is 0 Å². The lowest BCUT2D eigenvalue weighted by molar-refractivity contribution is 1.06. The van der Waals surface area contributed by atoms with Gasteiger partial charge in [0.05, 0.1) is 78.8 Å². The van der Waals surface area contributed by atoms with Crippen molar-refractivity contribution in [2.24, 2.45) is 0 Å². The maximum atomic E-state index is 10.6. The first-order chi connectivity index (χ1) is 59.0. The quantitative estimate of drug-likeness (QED) is 0.0957. The highest BCUT2D eigenvalue weighted by molar-refractivity contribution is 6.14. The van der Waals surface area contributed by atoms with Gasteiger partial charge in [0.15, 0.2) is 63.4 Å². The molecule has 0 aliphatic heterocycles. The Morgan fingerprint density at radius 2 is 0.583 bits per heavy atom. The molecule has 4 heterocycles. The van der Waals surface area contributed by atoms with Crippen molar-refractivity contribution in [2.75, 3.05) is 0 Å². The number of hydrogen-bond donors (Lipinski definition) is 0. The van der Waals surface area contributed by atoms with Gasteiger partial charge in [-0.25, -0.2) is 54.1 Å². The summed E-state index contributed by atoms with van der Waals surface area (Å²) in [5.41, 5.74) is 21.0. The van der Waals surface area contributed by atoms with E-state index in [9.17, 15) is 15.8 Å². The van der Waals surface area contributed by atoms with Crippen molar-refractivity contribution in [1.29, 1.82) is 15.8 Å². The van der Waals surface area contributed by atoms with Gasteiger partial charge in [-0.3, -0.25) is 0 Å². The maximum absolute atomic E-state index is 10.6. The third-order valence-electron chi connectivity index (χ3n) is 21.6. The normalized spacial score (nSPS) is 10.9. The average molecular weight is 1530 g/mol. The van der Waals surface area contributed by atoms with E-state index in [0.29, 0.717) is 113 Å². The molecule has 550 valence electrons. The van der Waals surface area contributed by atoms with Crippen molar-refractivity contribution < 1.29 is 0 Å². The molecule has 4 aromatic heterocycles. The Morgan fingerprint density at radius 1 is 0.233 bits per heavy atom. The molecular formula is C104H54N16. The van der Waals surface area contributed by atoms with Crippen molar-refractivity contribution in [3.63, 3.8) is 0 Å². The molecule has 0 spiro atoms. The molecule has 19 aromatic rings. The highest BCUT2D eigenvalue weighted by atomic mass is 15.1. The molecule has 0 saturated heterocycles. The van der Waals surface area contributed by atoms with Gasteiger partial charge >= 0.3 is 0 Å². The Hall–Kier alpha value is -18.2. The standard InChI is InChI=1S/C104H54N16/c1-108-79-35-39-83(77(50-79)61-106)71-31-43-94-87(55-71)88-57-73(85-38-29-63(60-105)47-92(85)111-4)33-44-95(88)119(94)82-52-75(49-76(53-82)103-115-99(64-19-10-6-11-20-64)113-100(116-103)65-21-12-7-13-22-65)69-28-18-27-68(48-69)70-30-42-98(91(54-70)104-117-101(66-23-14-8-15-24-66)114-102(118-104)67-25-16-9-17-26-67)120-96-45-32-72(84-40-36-80(109-2)51-78(84)62-107)56-89(96)90-58-74(34-46-97(90)120)86-41-37-81(110-3)59-93(86)112-5/h6-59H. The molecule has 0 atom stereocenters. The molecule has 0 N–H and O–H groups in total. The second kappa shape index (κ2) is 30.4. The number of aromatic nitrogens is 8. The van der Waals surface area contributed by atoms with Crippen molar-refractivity contribution in [2.45, 2.75) is 0 Å². The molecule has 15 aromatic carbocycles. The molecule has 0 saturated carbocycles. The Morgan fingerprint density at radius 3 is 1.02 bits per heavy atom. The lowest BCUT2D eigenvalue weighted by atomic mass is 9.95. The molecule has 0 aliphatic rings. The summed E-state index contributed by atoms with van der Waals surface area (Å²) in [6.45, 7) is 39.9. The molecule has 0 bridgehead atoms. The zero-order valence-corrected chi connectivity index (χ0v) is 63.3. The molecule has 16 nitrogen and oxygen atoms in total. The average Bonchev–Trinajstić information content (AvgIpc) is 1.57. The Labute approximate surface area is 688 Å². The zero-order valence-electron chi connectivity index (χ0n) is 63.3. The van der Waals surface area contributed by atoms with Gasteiger partial charge in [0.25, 0.3) is 0 Å². The smallest absolute Gasteiger partial charge is 0.196 e. The molecule has 120 heavy (non-hydrogen) atoms. The summed E-state index contributed by atoms with van der Waals surface area (Å²) >= 11 is 0. The van der Waals surface area contributed by atoms with Crippen LogP contribution in [0.25, 0.3) is 214 Å². The van der Waals surface area contributed by atoms with Gasteiger partial charge in [0.1, 0.15) is 0 Å². The van der Waals surface area contributed by atoms with Gasteiger partial charge < -0.3 is 9.13 Å². The van der Waals surface area contributed by atoms with Crippen molar-refractivity contribution in [1.82, 2.24) is 39.0 Å². The lowest BCUT2D eigenvalue weighted by Crippen LogP contribution is -2.04. The number of nitriles is 3. The fourth-order valence-corrected chi connectivity index (χ4v) is 15.9. The van der Waals surface area contributed by atoms with Crippen molar-refractivity contribution in [3.8, 4) is 165 Å². The van der Waals surface area contributed by atoms with Crippen LogP contribution in [0.15, 0.2) is 328 Å². The van der Waals surface area contributed by atoms with Crippen LogP contribution >= 0.6 is 0 Å². The summed E-state index contributed by atoms with van der Waals surface area (Å²) in [6.07, 6.45) is 0. The maximum Gasteiger partial charge on any atom is 0.196 e. The highest BCUT2D eigenvalue weighted by Crippen LogP contribution is 2.47. The van der Waals surface area contributed by atoms with E-state index in [1.807, 2.05) is 182 Å². The van der Waals surface area contributed by atoms with E-state index in [4.69, 9.17) is 62.8 Å². The summed E-state index contributed by atoms with van der Waals surface area (Å²) in [6, 6.07) is 112. The molecule has 0 unspecified atom stereocenters. The summed E-state index contributed by atoms with van der Waals surface area (Å²) in [4.78, 5) is 50.6. The van der Waals surface area contributed by atoms with E-state index >= 15 is 0 Å². The monoisotopic (exact) mass is 1530 g/mol. The van der Waals surface area contributed by atoms with Crippen LogP contribution in [-0.2, 0) is 0 Å². The predicted molar refractivity (Wildman–Crippen MR) is 473 cm³/mol. The van der Waals surface area contributed by atoms with Crippen molar-refractivity contribution in [3.05, 3.63) is 401 Å². The summed E-state index contributed by atoms with van der Waals surface area (Å²) < 4.78 is 4.42. The zero-order chi connectivity index (χ0) is 81.5. The SMILES string of the molecule is [C-]#[N+]c1ccc(-c2ccc3c(c2)c2cc(-c4ccc(C#N)cc4[N+]#[C-])ccc2n3-c2cc(-c3cccc(-c4ccc(-n5c6ccc(-c7ccc([N+]#[C-])cc7C#N)cc6c6cc(-c7ccc([N+]#[C-])cc7[N+]#[C-])ccc65)c(-c5nc(-c6ccccc6)nc(-c6ccccc6)n5)c4)c3)cc(-c3nc(-c4ccccc4)nc(-c4ccccc4)n3)c2)c(C#N)c1. The molecular weight excluding hydrogens is 1470 g/mol. The molecule has 0 radical (unpaired) electrons. The van der Waals surface area contributed by atoms with E-state index in [-0.39, 0.29) is 0 Å². The van der Waals surface area contributed by atoms with Crippen LogP contribution in [0.2, 0.25) is 0 Å². The Kier molecular flexibility index (Phi) is 18.3. The second-order valence-corrected chi connectivity index (χ2v) is 28.5. The van der Waals surface area contributed by atoms with Crippen LogP contribution in [-0.4, -0.2) is 39.0 Å². The first kappa shape index (κ1) is 72.1. The van der Waals surface area contributed by atoms with Gasteiger partial charge in [0.2, 0.25) is 0 Å². The lowest BCUT2D eigenvalue weighted by Gasteiger charge is -2.17. The minimum Gasteiger partial charge on any atom is -0.309 e. The van der Waals surface area contributed by atoms with Crippen LogP contribution in [0.3, 0.4) is 0 Å². The van der Waals surface area contributed by atoms with Crippen molar-refractivity contribution >= 4 is 72.0 Å². The summed E-state index contributed by atoms with van der Waals surface area (Å²) in [5.74, 6) is 2.66. The van der Waals surface area contributed by atoms with E-state index in [0.717, 1.165) is 122 Å². The predicted octanol–water partition coefficient (Wildman–Crippen LogP) is 26.6. The minimum atomic E-state index is 0.331. The number of rotatable bonds is 14. The minimum absolute atomic E-state index is 0.331. The van der Waals surface area contributed by atoms with Gasteiger partial charge in [-0.1, -0.05) is 218 Å². The number of nitrogens with zero attached hydrogens (tertiary/aromatic N) is 16.